The lowest BCUT2D eigenvalue weighted by Crippen LogP contribution is -2.61. The van der Waals surface area contributed by atoms with Crippen molar-refractivity contribution in [1.29, 1.82) is 0 Å². The standard InChI is InChI=1S/C61H106O12/c1-4-7-10-13-16-19-22-25-26-27-28-31-34-37-40-43-46-49-55(64)72-59-57(66)56(65)58(60(67)68)73-61(59)70-51-52(71-54(63)48-45-42-39-36-33-30-24-21-18-15-12-9-6-3)50-69-53(62)47-44-41-38-35-32-29-23-20-17-14-11-8-5-2/h7,10,16,19-20,23,25-26,52,56-59,61,65-66H,4-6,8-9,11-15,17-18,21-22,24,27-51H2,1-3H3,(H,67,68)/b10-7-,19-16-,23-20-,26-25-. The van der Waals surface area contributed by atoms with Gasteiger partial charge in [-0.2, -0.15) is 0 Å². The highest BCUT2D eigenvalue weighted by Gasteiger charge is 2.50. The van der Waals surface area contributed by atoms with E-state index in [0.29, 0.717) is 19.3 Å². The number of aliphatic hydroxyl groups is 2. The average Bonchev–Trinajstić information content (AvgIpc) is 3.37. The van der Waals surface area contributed by atoms with Crippen LogP contribution in [0, 0.1) is 0 Å². The minimum Gasteiger partial charge on any atom is -0.479 e. The van der Waals surface area contributed by atoms with Crippen LogP contribution in [-0.4, -0.2) is 89.2 Å². The topological polar surface area (TPSA) is 175 Å². The number of carboxylic acids is 1. The van der Waals surface area contributed by atoms with Gasteiger partial charge >= 0.3 is 23.9 Å². The van der Waals surface area contributed by atoms with Gasteiger partial charge in [-0.1, -0.05) is 217 Å². The van der Waals surface area contributed by atoms with Gasteiger partial charge in [0.05, 0.1) is 6.61 Å². The van der Waals surface area contributed by atoms with Gasteiger partial charge in [-0.3, -0.25) is 14.4 Å². The number of hydrogen-bond donors (Lipinski definition) is 3. The molecule has 1 rings (SSSR count). The van der Waals surface area contributed by atoms with Crippen molar-refractivity contribution < 1.29 is 58.2 Å². The van der Waals surface area contributed by atoms with E-state index in [0.717, 1.165) is 122 Å². The summed E-state index contributed by atoms with van der Waals surface area (Å²) in [6.07, 6.45) is 46.5. The quantitative estimate of drug-likeness (QED) is 0.0228. The van der Waals surface area contributed by atoms with Crippen LogP contribution in [0.1, 0.15) is 265 Å². The molecule has 0 aromatic rings. The molecule has 0 saturated carbocycles. The molecule has 6 atom stereocenters. The third-order valence-electron chi connectivity index (χ3n) is 13.4. The van der Waals surface area contributed by atoms with E-state index in [-0.39, 0.29) is 25.9 Å². The van der Waals surface area contributed by atoms with Gasteiger partial charge in [-0.15, -0.1) is 0 Å². The van der Waals surface area contributed by atoms with Crippen molar-refractivity contribution in [2.24, 2.45) is 0 Å². The lowest BCUT2D eigenvalue weighted by Gasteiger charge is -2.40. The Bertz CT molecular complexity index is 1460. The van der Waals surface area contributed by atoms with Gasteiger partial charge in [0.25, 0.3) is 0 Å². The van der Waals surface area contributed by atoms with Crippen LogP contribution in [0.2, 0.25) is 0 Å². The van der Waals surface area contributed by atoms with E-state index < -0.39 is 67.3 Å². The van der Waals surface area contributed by atoms with E-state index in [1.165, 1.54) is 83.5 Å². The highest BCUT2D eigenvalue weighted by molar-refractivity contribution is 5.74. The molecule has 3 N–H and O–H groups in total. The van der Waals surface area contributed by atoms with Gasteiger partial charge in [-0.05, 0) is 77.0 Å². The van der Waals surface area contributed by atoms with Crippen LogP contribution in [0.3, 0.4) is 0 Å². The molecular weight excluding hydrogens is 925 g/mol. The molecule has 0 aliphatic carbocycles. The first-order valence-corrected chi connectivity index (χ1v) is 29.6. The number of carbonyl (C=O) groups excluding carboxylic acids is 3. The summed E-state index contributed by atoms with van der Waals surface area (Å²) in [5, 5.41) is 31.5. The van der Waals surface area contributed by atoms with Crippen LogP contribution in [-0.2, 0) is 42.9 Å². The Labute approximate surface area is 443 Å². The number of aliphatic carboxylic acids is 1. The van der Waals surface area contributed by atoms with E-state index in [9.17, 15) is 34.5 Å². The maximum atomic E-state index is 13.1. The Morgan fingerprint density at radius 1 is 0.466 bits per heavy atom. The molecule has 0 bridgehead atoms. The zero-order valence-corrected chi connectivity index (χ0v) is 46.4. The lowest BCUT2D eigenvalue weighted by atomic mass is 9.98. The first-order chi connectivity index (χ1) is 35.6. The Hall–Kier alpha value is -3.32. The number of ether oxygens (including phenoxy) is 5. The molecular formula is C61H106O12. The summed E-state index contributed by atoms with van der Waals surface area (Å²) in [4.78, 5) is 51.1. The first kappa shape index (κ1) is 67.7. The summed E-state index contributed by atoms with van der Waals surface area (Å²) in [6, 6.07) is 0. The second-order valence-electron chi connectivity index (χ2n) is 20.3. The Morgan fingerprint density at radius 2 is 0.863 bits per heavy atom. The Morgan fingerprint density at radius 3 is 1.34 bits per heavy atom. The van der Waals surface area contributed by atoms with Gasteiger partial charge in [0.1, 0.15) is 18.8 Å². The van der Waals surface area contributed by atoms with Crippen LogP contribution < -0.4 is 0 Å². The number of aliphatic hydroxyl groups excluding tert-OH is 2. The number of unbranched alkanes of at least 4 members (excludes halogenated alkanes) is 28. The molecule has 422 valence electrons. The monoisotopic (exact) mass is 1030 g/mol. The molecule has 6 unspecified atom stereocenters. The summed E-state index contributed by atoms with van der Waals surface area (Å²) in [5.74, 6) is -3.12. The Balaban J connectivity index is 2.69. The summed E-state index contributed by atoms with van der Waals surface area (Å²) in [5.41, 5.74) is 0. The fourth-order valence-corrected chi connectivity index (χ4v) is 8.85. The summed E-state index contributed by atoms with van der Waals surface area (Å²) < 4.78 is 28.4. The average molecular weight is 1030 g/mol. The normalized spacial score (nSPS) is 18.6. The van der Waals surface area contributed by atoms with Crippen molar-refractivity contribution in [1.82, 2.24) is 0 Å². The maximum absolute atomic E-state index is 13.1. The third kappa shape index (κ3) is 39.7. The Kier molecular flexibility index (Phi) is 45.9. The second kappa shape index (κ2) is 49.6. The molecule has 1 aliphatic rings. The molecule has 0 aromatic heterocycles. The summed E-state index contributed by atoms with van der Waals surface area (Å²) in [7, 11) is 0. The molecule has 0 spiro atoms. The van der Waals surface area contributed by atoms with Crippen LogP contribution in [0.15, 0.2) is 48.6 Å². The molecule has 12 heteroatoms. The number of allylic oxidation sites excluding steroid dienone is 8. The molecule has 1 aliphatic heterocycles. The van der Waals surface area contributed by atoms with E-state index in [2.05, 4.69) is 69.4 Å². The van der Waals surface area contributed by atoms with Gasteiger partial charge in [-0.25, -0.2) is 4.79 Å². The van der Waals surface area contributed by atoms with Crippen LogP contribution in [0.5, 0.6) is 0 Å². The van der Waals surface area contributed by atoms with Crippen molar-refractivity contribution in [3.63, 3.8) is 0 Å². The van der Waals surface area contributed by atoms with E-state index in [1.807, 2.05) is 0 Å². The molecule has 0 amide bonds. The lowest BCUT2D eigenvalue weighted by molar-refractivity contribution is -0.301. The van der Waals surface area contributed by atoms with Crippen molar-refractivity contribution in [2.45, 2.75) is 302 Å². The zero-order valence-electron chi connectivity index (χ0n) is 46.4. The van der Waals surface area contributed by atoms with Crippen molar-refractivity contribution in [2.75, 3.05) is 13.2 Å². The summed E-state index contributed by atoms with van der Waals surface area (Å²) >= 11 is 0. The van der Waals surface area contributed by atoms with Gasteiger partial charge in [0.2, 0.25) is 0 Å². The molecule has 1 heterocycles. The van der Waals surface area contributed by atoms with Crippen molar-refractivity contribution in [3.05, 3.63) is 48.6 Å². The largest absolute Gasteiger partial charge is 0.479 e. The van der Waals surface area contributed by atoms with E-state index in [4.69, 9.17) is 23.7 Å². The fourth-order valence-electron chi connectivity index (χ4n) is 8.85. The second-order valence-corrected chi connectivity index (χ2v) is 20.3. The van der Waals surface area contributed by atoms with E-state index >= 15 is 0 Å². The minimum absolute atomic E-state index is 0.0501. The minimum atomic E-state index is -1.91. The number of carboxylic acid groups (broad SMARTS) is 1. The predicted molar refractivity (Wildman–Crippen MR) is 294 cm³/mol. The molecule has 1 fully saturated rings. The third-order valence-corrected chi connectivity index (χ3v) is 13.4. The molecule has 73 heavy (non-hydrogen) atoms. The number of rotatable bonds is 50. The van der Waals surface area contributed by atoms with Crippen molar-refractivity contribution in [3.8, 4) is 0 Å². The highest BCUT2D eigenvalue weighted by atomic mass is 16.7. The van der Waals surface area contributed by atoms with E-state index in [1.54, 1.807) is 0 Å². The van der Waals surface area contributed by atoms with Crippen LogP contribution in [0.25, 0.3) is 0 Å². The van der Waals surface area contributed by atoms with Crippen LogP contribution in [0.4, 0.5) is 0 Å². The molecule has 0 radical (unpaired) electrons. The number of carbonyl (C=O) groups is 4. The first-order valence-electron chi connectivity index (χ1n) is 29.6. The predicted octanol–water partition coefficient (Wildman–Crippen LogP) is 15.0. The van der Waals surface area contributed by atoms with Gasteiger partial charge in [0.15, 0.2) is 24.6 Å². The summed E-state index contributed by atoms with van der Waals surface area (Å²) in [6.45, 7) is 5.87. The maximum Gasteiger partial charge on any atom is 0.335 e. The number of hydrogen-bond acceptors (Lipinski definition) is 11. The SMILES string of the molecule is CC/C=C\C/C=C\C/C=C\CCCCCCCCCC(=O)OC1C(OCC(COC(=O)CCCCCCC/C=C\CCCCCC)OC(=O)CCCCCCCCCCCCCCC)OC(C(=O)O)C(O)C1O. The highest BCUT2D eigenvalue weighted by Crippen LogP contribution is 2.26. The fraction of sp³-hybridized carbons (Fsp3) is 0.803. The molecule has 12 nitrogen and oxygen atoms in total. The number of esters is 3. The molecule has 1 saturated heterocycles. The van der Waals surface area contributed by atoms with Crippen molar-refractivity contribution >= 4 is 23.9 Å². The molecule has 0 aromatic carbocycles. The zero-order chi connectivity index (χ0) is 53.3. The van der Waals surface area contributed by atoms with Gasteiger partial charge < -0.3 is 39.0 Å². The smallest absolute Gasteiger partial charge is 0.335 e. The van der Waals surface area contributed by atoms with Gasteiger partial charge in [0, 0.05) is 19.3 Å². The van der Waals surface area contributed by atoms with Crippen LogP contribution >= 0.6 is 0 Å².